The summed E-state index contributed by atoms with van der Waals surface area (Å²) in [6.45, 7) is 6.60. The smallest absolute Gasteiger partial charge is 0.332 e. The van der Waals surface area contributed by atoms with Gasteiger partial charge in [0.05, 0.1) is 18.2 Å². The van der Waals surface area contributed by atoms with Gasteiger partial charge in [-0.25, -0.2) is 9.59 Å². The summed E-state index contributed by atoms with van der Waals surface area (Å²) in [7, 11) is 0. The van der Waals surface area contributed by atoms with Crippen LogP contribution < -0.4 is 26.6 Å². The maximum atomic E-state index is 12.9. The van der Waals surface area contributed by atoms with Crippen molar-refractivity contribution in [2.45, 2.75) is 39.9 Å². The number of rotatable bonds is 5. The molecule has 0 aliphatic carbocycles. The minimum atomic E-state index is -0.641. The molecular formula is C18H22N4O4. The summed E-state index contributed by atoms with van der Waals surface area (Å²) in [5.41, 5.74) is 0.276. The Morgan fingerprint density at radius 2 is 1.65 bits per heavy atom. The molecule has 138 valence electrons. The van der Waals surface area contributed by atoms with Crippen LogP contribution in [0.2, 0.25) is 0 Å². The lowest BCUT2D eigenvalue weighted by Crippen LogP contribution is -2.50. The van der Waals surface area contributed by atoms with Gasteiger partial charge in [-0.2, -0.15) is 0 Å². The average Bonchev–Trinajstić information content (AvgIpc) is 2.62. The minimum absolute atomic E-state index is 0.259. The molecule has 1 aromatic carbocycles. The van der Waals surface area contributed by atoms with Gasteiger partial charge in [-0.3, -0.25) is 19.2 Å². The van der Waals surface area contributed by atoms with Gasteiger partial charge in [0.2, 0.25) is 0 Å². The summed E-state index contributed by atoms with van der Waals surface area (Å²) in [6.07, 6.45) is 0. The van der Waals surface area contributed by atoms with Crippen LogP contribution in [0, 0.1) is 0 Å². The number of benzene rings is 1. The summed E-state index contributed by atoms with van der Waals surface area (Å²) < 4.78 is 8.04. The number of carbonyl (C=O) groups is 1. The van der Waals surface area contributed by atoms with Gasteiger partial charge in [0.25, 0.3) is 5.56 Å². The molecule has 2 N–H and O–H groups in total. The first kappa shape index (κ1) is 17.8. The van der Waals surface area contributed by atoms with Crippen molar-refractivity contribution in [2.24, 2.45) is 0 Å². The van der Waals surface area contributed by atoms with Crippen molar-refractivity contribution < 1.29 is 9.53 Å². The fourth-order valence-electron chi connectivity index (χ4n) is 3.21. The SMILES string of the molecule is CCOc1ccc(C2NC(=O)Nc3c2c(=O)n(CC)c(=O)n3CC)cc1. The van der Waals surface area contributed by atoms with Gasteiger partial charge in [-0.15, -0.1) is 0 Å². The Labute approximate surface area is 150 Å². The first-order chi connectivity index (χ1) is 12.5. The highest BCUT2D eigenvalue weighted by Gasteiger charge is 2.32. The number of anilines is 1. The van der Waals surface area contributed by atoms with Crippen LogP contribution in [0.4, 0.5) is 10.6 Å². The van der Waals surface area contributed by atoms with Crippen molar-refractivity contribution >= 4 is 11.8 Å². The molecule has 2 heterocycles. The Morgan fingerprint density at radius 3 is 2.23 bits per heavy atom. The number of fused-ring (bicyclic) bond motifs is 1. The van der Waals surface area contributed by atoms with E-state index in [4.69, 9.17) is 4.74 Å². The van der Waals surface area contributed by atoms with Crippen molar-refractivity contribution in [1.29, 1.82) is 0 Å². The van der Waals surface area contributed by atoms with E-state index in [2.05, 4.69) is 10.6 Å². The lowest BCUT2D eigenvalue weighted by molar-refractivity contribution is 0.248. The third kappa shape index (κ3) is 2.87. The number of hydrogen-bond acceptors (Lipinski definition) is 4. The predicted octanol–water partition coefficient (Wildman–Crippen LogP) is 1.67. The van der Waals surface area contributed by atoms with Crippen molar-refractivity contribution in [3.05, 3.63) is 56.2 Å². The maximum absolute atomic E-state index is 12.9. The molecule has 1 atom stereocenters. The van der Waals surface area contributed by atoms with Crippen LogP contribution in [0.15, 0.2) is 33.9 Å². The number of ether oxygens (including phenoxy) is 1. The second-order valence-electron chi connectivity index (χ2n) is 5.87. The van der Waals surface area contributed by atoms with Gasteiger partial charge in [-0.1, -0.05) is 12.1 Å². The molecule has 0 radical (unpaired) electrons. The third-order valence-electron chi connectivity index (χ3n) is 4.42. The third-order valence-corrected chi connectivity index (χ3v) is 4.42. The Balaban J connectivity index is 2.21. The van der Waals surface area contributed by atoms with E-state index in [9.17, 15) is 14.4 Å². The van der Waals surface area contributed by atoms with E-state index in [-0.39, 0.29) is 12.4 Å². The summed E-state index contributed by atoms with van der Waals surface area (Å²) in [5, 5.41) is 5.40. The molecule has 1 unspecified atom stereocenters. The molecule has 1 aliphatic rings. The molecule has 1 aromatic heterocycles. The Hall–Kier alpha value is -3.03. The van der Waals surface area contributed by atoms with E-state index >= 15 is 0 Å². The Kier molecular flexibility index (Phi) is 4.83. The second kappa shape index (κ2) is 7.07. The van der Waals surface area contributed by atoms with E-state index in [1.165, 1.54) is 9.13 Å². The molecule has 8 heteroatoms. The number of carbonyl (C=O) groups excluding carboxylic acids is 1. The van der Waals surface area contributed by atoms with E-state index in [0.29, 0.717) is 24.5 Å². The van der Waals surface area contributed by atoms with Gasteiger partial charge >= 0.3 is 11.7 Å². The van der Waals surface area contributed by atoms with Crippen molar-refractivity contribution in [3.63, 3.8) is 0 Å². The number of amides is 2. The zero-order valence-electron chi connectivity index (χ0n) is 15.0. The van der Waals surface area contributed by atoms with Crippen LogP contribution >= 0.6 is 0 Å². The quantitative estimate of drug-likeness (QED) is 0.850. The first-order valence-electron chi connectivity index (χ1n) is 8.69. The largest absolute Gasteiger partial charge is 0.494 e. The molecule has 26 heavy (non-hydrogen) atoms. The summed E-state index contributed by atoms with van der Waals surface area (Å²) in [5.74, 6) is 0.969. The molecule has 3 rings (SSSR count). The highest BCUT2D eigenvalue weighted by atomic mass is 16.5. The second-order valence-corrected chi connectivity index (χ2v) is 5.87. The predicted molar refractivity (Wildman–Crippen MR) is 97.9 cm³/mol. The normalized spacial score (nSPS) is 15.8. The van der Waals surface area contributed by atoms with Crippen LogP contribution in [0.3, 0.4) is 0 Å². The number of urea groups is 1. The number of nitrogens with zero attached hydrogens (tertiary/aromatic N) is 2. The molecule has 1 aliphatic heterocycles. The van der Waals surface area contributed by atoms with E-state index < -0.39 is 23.3 Å². The first-order valence-corrected chi connectivity index (χ1v) is 8.69. The zero-order chi connectivity index (χ0) is 18.8. The van der Waals surface area contributed by atoms with E-state index in [1.807, 2.05) is 19.1 Å². The van der Waals surface area contributed by atoms with Crippen molar-refractivity contribution in [2.75, 3.05) is 11.9 Å². The molecule has 0 saturated carbocycles. The summed E-state index contributed by atoms with van der Waals surface area (Å²) in [4.78, 5) is 37.6. The topological polar surface area (TPSA) is 94.4 Å². The van der Waals surface area contributed by atoms with Gasteiger partial charge in [-0.05, 0) is 38.5 Å². The van der Waals surface area contributed by atoms with E-state index in [0.717, 1.165) is 5.56 Å². The van der Waals surface area contributed by atoms with Crippen LogP contribution in [-0.4, -0.2) is 21.8 Å². The number of aromatic nitrogens is 2. The average molecular weight is 358 g/mol. The highest BCUT2D eigenvalue weighted by Crippen LogP contribution is 2.29. The van der Waals surface area contributed by atoms with Gasteiger partial charge in [0.1, 0.15) is 11.6 Å². The number of nitrogens with one attached hydrogen (secondary N) is 2. The van der Waals surface area contributed by atoms with Crippen molar-refractivity contribution in [1.82, 2.24) is 14.5 Å². The van der Waals surface area contributed by atoms with Gasteiger partial charge < -0.3 is 10.1 Å². The summed E-state index contributed by atoms with van der Waals surface area (Å²) >= 11 is 0. The molecule has 2 amide bonds. The fraction of sp³-hybridized carbons (Fsp3) is 0.389. The molecule has 0 saturated heterocycles. The van der Waals surface area contributed by atoms with Crippen LogP contribution in [0.25, 0.3) is 0 Å². The van der Waals surface area contributed by atoms with Crippen LogP contribution in [-0.2, 0) is 13.1 Å². The molecule has 2 aromatic rings. The zero-order valence-corrected chi connectivity index (χ0v) is 15.0. The van der Waals surface area contributed by atoms with Crippen LogP contribution in [0.1, 0.15) is 37.9 Å². The van der Waals surface area contributed by atoms with Crippen LogP contribution in [0.5, 0.6) is 5.75 Å². The molecular weight excluding hydrogens is 336 g/mol. The molecule has 0 spiro atoms. The highest BCUT2D eigenvalue weighted by molar-refractivity contribution is 5.92. The summed E-state index contributed by atoms with van der Waals surface area (Å²) in [6, 6.07) is 6.11. The van der Waals surface area contributed by atoms with E-state index in [1.54, 1.807) is 26.0 Å². The monoisotopic (exact) mass is 358 g/mol. The lowest BCUT2D eigenvalue weighted by atomic mass is 9.98. The fourth-order valence-corrected chi connectivity index (χ4v) is 3.21. The standard InChI is InChI=1S/C18H22N4O4/c1-4-21-15-13(16(23)22(5-2)18(21)25)14(19-17(24)20-15)11-7-9-12(10-8-11)26-6-3/h7-10,14H,4-6H2,1-3H3,(H2,19,20,24). The maximum Gasteiger partial charge on any atom is 0.332 e. The van der Waals surface area contributed by atoms with Gasteiger partial charge in [0, 0.05) is 13.1 Å². The lowest BCUT2D eigenvalue weighted by Gasteiger charge is -2.29. The molecule has 0 bridgehead atoms. The minimum Gasteiger partial charge on any atom is -0.494 e. The Bertz CT molecular complexity index is 943. The molecule has 0 fully saturated rings. The Morgan fingerprint density at radius 1 is 1.00 bits per heavy atom. The molecule has 8 nitrogen and oxygen atoms in total. The van der Waals surface area contributed by atoms with Crippen molar-refractivity contribution in [3.8, 4) is 5.75 Å². The number of hydrogen-bond donors (Lipinski definition) is 2. The van der Waals surface area contributed by atoms with Gasteiger partial charge in [0.15, 0.2) is 0 Å².